The smallest absolute Gasteiger partial charge is 0.298 e. The molecule has 0 spiro atoms. The lowest BCUT2D eigenvalue weighted by Crippen LogP contribution is -2.26. The minimum atomic E-state index is -0.371. The van der Waals surface area contributed by atoms with Crippen molar-refractivity contribution in [2.45, 2.75) is 117 Å². The molecule has 132 valence electrons. The van der Waals surface area contributed by atoms with Crippen molar-refractivity contribution < 1.29 is 14.6 Å². The van der Waals surface area contributed by atoms with Crippen molar-refractivity contribution >= 4 is 5.97 Å². The van der Waals surface area contributed by atoms with E-state index in [4.69, 9.17) is 9.78 Å². The summed E-state index contributed by atoms with van der Waals surface area (Å²) in [6.07, 6.45) is 14.7. The molecule has 0 aromatic carbocycles. The molecule has 0 rings (SSSR count). The Balaban J connectivity index is 3.49. The average Bonchev–Trinajstić information content (AvgIpc) is 2.48. The summed E-state index contributed by atoms with van der Waals surface area (Å²) in [4.78, 5) is 21.9. The largest absolute Gasteiger partial charge is 0.342 e. The Hall–Kier alpha value is -0.570. The van der Waals surface area contributed by atoms with Gasteiger partial charge < -0.3 is 0 Å². The quantitative estimate of drug-likeness (QED) is 0.201. The fourth-order valence-electron chi connectivity index (χ4n) is 2.45. The standard InChI is InChI=1S/C19H38O3/c1-5-7-9-10-11-12-13-14-16-18(20)21-22-19(3,4)17-15-8-6-2/h5-17H2,1-4H3. The van der Waals surface area contributed by atoms with E-state index < -0.39 is 0 Å². The van der Waals surface area contributed by atoms with Crippen molar-refractivity contribution in [3.05, 3.63) is 0 Å². The molecule has 0 N–H and O–H groups in total. The Morgan fingerprint density at radius 1 is 0.773 bits per heavy atom. The van der Waals surface area contributed by atoms with E-state index >= 15 is 0 Å². The molecule has 0 fully saturated rings. The Bertz CT molecular complexity index is 261. The van der Waals surface area contributed by atoms with Crippen LogP contribution in [0.2, 0.25) is 0 Å². The molecular formula is C19H38O3. The maximum absolute atomic E-state index is 11.6. The molecule has 0 aliphatic heterocycles. The summed E-state index contributed by atoms with van der Waals surface area (Å²) in [5, 5.41) is 0. The fourth-order valence-corrected chi connectivity index (χ4v) is 2.45. The number of carbonyl (C=O) groups excluding carboxylic acids is 1. The van der Waals surface area contributed by atoms with Gasteiger partial charge in [-0.3, -0.25) is 4.89 Å². The molecular weight excluding hydrogens is 276 g/mol. The predicted octanol–water partition coefficient (Wildman–Crippen LogP) is 6.35. The third-order valence-electron chi connectivity index (χ3n) is 3.98. The van der Waals surface area contributed by atoms with Gasteiger partial charge in [-0.2, -0.15) is 4.89 Å². The van der Waals surface area contributed by atoms with E-state index in [2.05, 4.69) is 13.8 Å². The molecule has 0 bridgehead atoms. The van der Waals surface area contributed by atoms with Gasteiger partial charge in [0.15, 0.2) is 0 Å². The van der Waals surface area contributed by atoms with Crippen molar-refractivity contribution in [3.8, 4) is 0 Å². The first-order valence-electron chi connectivity index (χ1n) is 9.40. The summed E-state index contributed by atoms with van der Waals surface area (Å²) < 4.78 is 0. The van der Waals surface area contributed by atoms with Crippen LogP contribution in [-0.4, -0.2) is 11.6 Å². The van der Waals surface area contributed by atoms with Gasteiger partial charge in [0.25, 0.3) is 0 Å². The molecule has 0 aromatic rings. The lowest BCUT2D eigenvalue weighted by atomic mass is 10.0. The zero-order chi connectivity index (χ0) is 16.7. The minimum absolute atomic E-state index is 0.227. The molecule has 3 heteroatoms. The zero-order valence-electron chi connectivity index (χ0n) is 15.4. The third kappa shape index (κ3) is 14.4. The van der Waals surface area contributed by atoms with E-state index in [1.807, 2.05) is 13.8 Å². The van der Waals surface area contributed by atoms with Gasteiger partial charge in [0.05, 0.1) is 0 Å². The van der Waals surface area contributed by atoms with Crippen LogP contribution in [0.25, 0.3) is 0 Å². The van der Waals surface area contributed by atoms with E-state index in [1.165, 1.54) is 51.4 Å². The van der Waals surface area contributed by atoms with Crippen molar-refractivity contribution in [2.24, 2.45) is 0 Å². The fraction of sp³-hybridized carbons (Fsp3) is 0.947. The molecule has 0 atom stereocenters. The summed E-state index contributed by atoms with van der Waals surface area (Å²) in [5.41, 5.74) is -0.371. The number of unbranched alkanes of at least 4 members (excludes halogenated alkanes) is 9. The van der Waals surface area contributed by atoms with Crippen LogP contribution in [0.1, 0.15) is 111 Å². The van der Waals surface area contributed by atoms with E-state index in [0.29, 0.717) is 6.42 Å². The number of hydrogen-bond acceptors (Lipinski definition) is 3. The van der Waals surface area contributed by atoms with Crippen molar-refractivity contribution in [1.82, 2.24) is 0 Å². The first-order chi connectivity index (χ1) is 10.5. The summed E-state index contributed by atoms with van der Waals surface area (Å²) >= 11 is 0. The average molecular weight is 315 g/mol. The monoisotopic (exact) mass is 314 g/mol. The topological polar surface area (TPSA) is 35.5 Å². The lowest BCUT2D eigenvalue weighted by molar-refractivity contribution is -0.326. The Kier molecular flexibility index (Phi) is 13.7. The first kappa shape index (κ1) is 21.4. The second kappa shape index (κ2) is 14.0. The molecule has 0 saturated carbocycles. The molecule has 3 nitrogen and oxygen atoms in total. The van der Waals surface area contributed by atoms with E-state index in [1.54, 1.807) is 0 Å². The van der Waals surface area contributed by atoms with Crippen LogP contribution in [0, 0.1) is 0 Å². The highest BCUT2D eigenvalue weighted by Gasteiger charge is 2.21. The van der Waals surface area contributed by atoms with Crippen molar-refractivity contribution in [2.75, 3.05) is 0 Å². The molecule has 0 amide bonds. The van der Waals surface area contributed by atoms with E-state index in [9.17, 15) is 4.79 Å². The van der Waals surface area contributed by atoms with Crippen LogP contribution < -0.4 is 0 Å². The van der Waals surface area contributed by atoms with Crippen LogP contribution in [0.5, 0.6) is 0 Å². The van der Waals surface area contributed by atoms with E-state index in [0.717, 1.165) is 25.7 Å². The van der Waals surface area contributed by atoms with Crippen LogP contribution in [-0.2, 0) is 14.6 Å². The van der Waals surface area contributed by atoms with Gasteiger partial charge in [-0.05, 0) is 26.7 Å². The minimum Gasteiger partial charge on any atom is -0.298 e. The number of carbonyl (C=O) groups is 1. The zero-order valence-corrected chi connectivity index (χ0v) is 15.4. The second-order valence-corrected chi connectivity index (χ2v) is 6.98. The van der Waals surface area contributed by atoms with Crippen LogP contribution >= 0.6 is 0 Å². The Morgan fingerprint density at radius 2 is 1.27 bits per heavy atom. The highest BCUT2D eigenvalue weighted by Crippen LogP contribution is 2.19. The molecule has 0 heterocycles. The summed E-state index contributed by atoms with van der Waals surface area (Å²) in [5.74, 6) is -0.227. The molecule has 0 radical (unpaired) electrons. The van der Waals surface area contributed by atoms with Gasteiger partial charge in [-0.15, -0.1) is 0 Å². The predicted molar refractivity (Wildman–Crippen MR) is 92.6 cm³/mol. The maximum atomic E-state index is 11.6. The van der Waals surface area contributed by atoms with Gasteiger partial charge in [-0.25, -0.2) is 4.79 Å². The molecule has 0 saturated heterocycles. The normalized spacial score (nSPS) is 11.6. The van der Waals surface area contributed by atoms with Crippen LogP contribution in [0.15, 0.2) is 0 Å². The molecule has 22 heavy (non-hydrogen) atoms. The summed E-state index contributed by atoms with van der Waals surface area (Å²) in [6.45, 7) is 8.37. The van der Waals surface area contributed by atoms with Crippen molar-refractivity contribution in [1.29, 1.82) is 0 Å². The van der Waals surface area contributed by atoms with Crippen molar-refractivity contribution in [3.63, 3.8) is 0 Å². The first-order valence-corrected chi connectivity index (χ1v) is 9.40. The Morgan fingerprint density at radius 3 is 1.86 bits per heavy atom. The number of hydrogen-bond donors (Lipinski definition) is 0. The highest BCUT2D eigenvalue weighted by atomic mass is 17.2. The molecule has 0 aliphatic rings. The van der Waals surface area contributed by atoms with Crippen LogP contribution in [0.3, 0.4) is 0 Å². The van der Waals surface area contributed by atoms with Gasteiger partial charge >= 0.3 is 5.97 Å². The van der Waals surface area contributed by atoms with E-state index in [-0.39, 0.29) is 11.6 Å². The number of rotatable bonds is 15. The van der Waals surface area contributed by atoms with Crippen LogP contribution in [0.4, 0.5) is 0 Å². The van der Waals surface area contributed by atoms with Gasteiger partial charge in [0.2, 0.25) is 0 Å². The summed E-state index contributed by atoms with van der Waals surface area (Å²) in [7, 11) is 0. The SMILES string of the molecule is CCCCCCCCCCC(=O)OOC(C)(C)CCCCC. The molecule has 0 unspecified atom stereocenters. The van der Waals surface area contributed by atoms with Gasteiger partial charge in [-0.1, -0.05) is 78.1 Å². The summed E-state index contributed by atoms with van der Waals surface area (Å²) in [6, 6.07) is 0. The lowest BCUT2D eigenvalue weighted by Gasteiger charge is -2.22. The third-order valence-corrected chi connectivity index (χ3v) is 3.98. The van der Waals surface area contributed by atoms with Gasteiger partial charge in [0, 0.05) is 6.42 Å². The maximum Gasteiger partial charge on any atom is 0.342 e. The second-order valence-electron chi connectivity index (χ2n) is 6.98. The molecule has 0 aromatic heterocycles. The Labute approximate surface area is 138 Å². The molecule has 0 aliphatic carbocycles. The van der Waals surface area contributed by atoms with Gasteiger partial charge in [0.1, 0.15) is 5.60 Å². The highest BCUT2D eigenvalue weighted by molar-refractivity contribution is 5.68.